The Labute approximate surface area is 146 Å². The minimum absolute atomic E-state index is 0.176. The first-order valence-corrected chi connectivity index (χ1v) is 8.45. The van der Waals surface area contributed by atoms with Crippen molar-refractivity contribution in [1.82, 2.24) is 4.57 Å². The SMILES string of the molecule is C=CCn1c(=NC(=O)c2cc3ccccc3o2)sc2cc(F)ccc21. The molecule has 0 bridgehead atoms. The van der Waals surface area contributed by atoms with Crippen LogP contribution < -0.4 is 4.80 Å². The number of rotatable bonds is 3. The fraction of sp³-hybridized carbons (Fsp3) is 0.0526. The van der Waals surface area contributed by atoms with Gasteiger partial charge < -0.3 is 8.98 Å². The van der Waals surface area contributed by atoms with E-state index in [0.29, 0.717) is 16.9 Å². The zero-order valence-electron chi connectivity index (χ0n) is 13.1. The molecule has 2 heterocycles. The first-order chi connectivity index (χ1) is 12.2. The van der Waals surface area contributed by atoms with Crippen LogP contribution in [0.4, 0.5) is 4.39 Å². The summed E-state index contributed by atoms with van der Waals surface area (Å²) in [7, 11) is 0. The van der Waals surface area contributed by atoms with Crippen LogP contribution in [0.15, 0.2) is 70.6 Å². The number of para-hydroxylation sites is 1. The predicted molar refractivity (Wildman–Crippen MR) is 96.1 cm³/mol. The Bertz CT molecular complexity index is 1150. The monoisotopic (exact) mass is 352 g/mol. The lowest BCUT2D eigenvalue weighted by atomic mass is 10.2. The summed E-state index contributed by atoms with van der Waals surface area (Å²) in [6.45, 7) is 4.20. The van der Waals surface area contributed by atoms with Gasteiger partial charge in [-0.25, -0.2) is 4.39 Å². The van der Waals surface area contributed by atoms with Crippen LogP contribution >= 0.6 is 11.3 Å². The van der Waals surface area contributed by atoms with Gasteiger partial charge in [-0.2, -0.15) is 4.99 Å². The normalized spacial score (nSPS) is 12.1. The maximum absolute atomic E-state index is 13.5. The Kier molecular flexibility index (Phi) is 3.82. The third-order valence-corrected chi connectivity index (χ3v) is 4.83. The molecule has 0 aliphatic rings. The summed E-state index contributed by atoms with van der Waals surface area (Å²) in [6.07, 6.45) is 1.71. The topological polar surface area (TPSA) is 47.5 Å². The van der Waals surface area contributed by atoms with Crippen molar-refractivity contribution >= 4 is 38.4 Å². The van der Waals surface area contributed by atoms with Crippen LogP contribution in [0.5, 0.6) is 0 Å². The fourth-order valence-electron chi connectivity index (χ4n) is 2.67. The Morgan fingerprint density at radius 3 is 2.92 bits per heavy atom. The molecule has 0 unspecified atom stereocenters. The Hall–Kier alpha value is -2.99. The Balaban J connectivity index is 1.85. The smallest absolute Gasteiger partial charge is 0.315 e. The molecule has 4 nitrogen and oxygen atoms in total. The van der Waals surface area contributed by atoms with Gasteiger partial charge in [-0.1, -0.05) is 35.6 Å². The maximum Gasteiger partial charge on any atom is 0.315 e. The predicted octanol–water partition coefficient (Wildman–Crippen LogP) is 4.52. The van der Waals surface area contributed by atoms with Crippen molar-refractivity contribution in [1.29, 1.82) is 0 Å². The van der Waals surface area contributed by atoms with Gasteiger partial charge >= 0.3 is 5.91 Å². The molecule has 0 N–H and O–H groups in total. The molecule has 0 spiro atoms. The van der Waals surface area contributed by atoms with Crippen molar-refractivity contribution < 1.29 is 13.6 Å². The molecule has 0 fully saturated rings. The third kappa shape index (κ3) is 2.81. The Morgan fingerprint density at radius 1 is 1.28 bits per heavy atom. The highest BCUT2D eigenvalue weighted by molar-refractivity contribution is 7.16. The molecule has 124 valence electrons. The number of carbonyl (C=O) groups is 1. The first-order valence-electron chi connectivity index (χ1n) is 7.63. The molecule has 4 rings (SSSR count). The average Bonchev–Trinajstić information content (AvgIpc) is 3.17. The molecule has 2 aromatic heterocycles. The van der Waals surface area contributed by atoms with Crippen molar-refractivity contribution in [2.24, 2.45) is 4.99 Å². The molecule has 1 amide bonds. The van der Waals surface area contributed by atoms with Crippen LogP contribution in [-0.4, -0.2) is 10.5 Å². The van der Waals surface area contributed by atoms with Crippen LogP contribution in [0.1, 0.15) is 10.6 Å². The number of thiazole rings is 1. The first kappa shape index (κ1) is 15.5. The molecule has 4 aromatic rings. The molecule has 25 heavy (non-hydrogen) atoms. The summed E-state index contributed by atoms with van der Waals surface area (Å²) < 4.78 is 21.6. The van der Waals surface area contributed by atoms with Crippen LogP contribution in [-0.2, 0) is 6.54 Å². The number of allylic oxidation sites excluding steroid dienone is 1. The second-order valence-electron chi connectivity index (χ2n) is 5.46. The maximum atomic E-state index is 13.5. The number of hydrogen-bond acceptors (Lipinski definition) is 3. The molecule has 0 radical (unpaired) electrons. The van der Waals surface area contributed by atoms with Crippen molar-refractivity contribution in [3.8, 4) is 0 Å². The summed E-state index contributed by atoms with van der Waals surface area (Å²) in [5.41, 5.74) is 1.45. The van der Waals surface area contributed by atoms with Crippen LogP contribution in [0.2, 0.25) is 0 Å². The van der Waals surface area contributed by atoms with Gasteiger partial charge in [0.05, 0.1) is 10.2 Å². The van der Waals surface area contributed by atoms with E-state index in [0.717, 1.165) is 15.6 Å². The quantitative estimate of drug-likeness (QED) is 0.509. The van der Waals surface area contributed by atoms with Crippen molar-refractivity contribution in [3.05, 3.63) is 77.6 Å². The minimum Gasteiger partial charge on any atom is -0.451 e. The van der Waals surface area contributed by atoms with Crippen LogP contribution in [0.25, 0.3) is 21.2 Å². The van der Waals surface area contributed by atoms with E-state index < -0.39 is 5.91 Å². The summed E-state index contributed by atoms with van der Waals surface area (Å²) in [6, 6.07) is 13.6. The number of halogens is 1. The van der Waals surface area contributed by atoms with E-state index in [2.05, 4.69) is 11.6 Å². The average molecular weight is 352 g/mol. The molecule has 0 aliphatic heterocycles. The number of benzene rings is 2. The molecule has 0 aliphatic carbocycles. The lowest BCUT2D eigenvalue weighted by Gasteiger charge is -2.00. The van der Waals surface area contributed by atoms with Gasteiger partial charge in [0.1, 0.15) is 11.4 Å². The summed E-state index contributed by atoms with van der Waals surface area (Å²) in [5.74, 6) is -0.620. The second kappa shape index (κ2) is 6.14. The molecule has 2 aromatic carbocycles. The van der Waals surface area contributed by atoms with Crippen molar-refractivity contribution in [2.75, 3.05) is 0 Å². The molecular formula is C19H13FN2O2S. The summed E-state index contributed by atoms with van der Waals surface area (Å²) in [4.78, 5) is 17.2. The van der Waals surface area contributed by atoms with Gasteiger partial charge in [0.25, 0.3) is 0 Å². The Morgan fingerprint density at radius 2 is 2.12 bits per heavy atom. The largest absolute Gasteiger partial charge is 0.451 e. The third-order valence-electron chi connectivity index (χ3n) is 3.79. The number of fused-ring (bicyclic) bond motifs is 2. The van der Waals surface area contributed by atoms with Gasteiger partial charge in [0, 0.05) is 11.9 Å². The number of aromatic nitrogens is 1. The van der Waals surface area contributed by atoms with Gasteiger partial charge in [0.2, 0.25) is 0 Å². The number of nitrogens with zero attached hydrogens (tertiary/aromatic N) is 2. The van der Waals surface area contributed by atoms with E-state index in [-0.39, 0.29) is 11.6 Å². The van der Waals surface area contributed by atoms with Gasteiger partial charge in [-0.05, 0) is 30.3 Å². The van der Waals surface area contributed by atoms with Crippen LogP contribution in [0, 0.1) is 5.82 Å². The minimum atomic E-state index is -0.471. The number of amides is 1. The number of furan rings is 1. The number of carbonyl (C=O) groups excluding carboxylic acids is 1. The molecule has 0 atom stereocenters. The van der Waals surface area contributed by atoms with E-state index >= 15 is 0 Å². The summed E-state index contributed by atoms with van der Waals surface area (Å²) in [5, 5.41) is 0.846. The number of hydrogen-bond donors (Lipinski definition) is 0. The van der Waals surface area contributed by atoms with Crippen molar-refractivity contribution in [2.45, 2.75) is 6.54 Å². The zero-order valence-corrected chi connectivity index (χ0v) is 13.9. The zero-order chi connectivity index (χ0) is 17.4. The second-order valence-corrected chi connectivity index (χ2v) is 6.47. The van der Waals surface area contributed by atoms with Crippen molar-refractivity contribution in [3.63, 3.8) is 0 Å². The fourth-order valence-corrected chi connectivity index (χ4v) is 3.73. The van der Waals surface area contributed by atoms with E-state index in [1.54, 1.807) is 24.3 Å². The van der Waals surface area contributed by atoms with E-state index in [9.17, 15) is 9.18 Å². The van der Waals surface area contributed by atoms with E-state index in [1.807, 2.05) is 22.8 Å². The highest BCUT2D eigenvalue weighted by Gasteiger charge is 2.13. The molecular weight excluding hydrogens is 339 g/mol. The van der Waals surface area contributed by atoms with E-state index in [4.69, 9.17) is 4.42 Å². The van der Waals surface area contributed by atoms with Gasteiger partial charge in [-0.15, -0.1) is 6.58 Å². The molecule has 0 saturated heterocycles. The lowest BCUT2D eigenvalue weighted by Crippen LogP contribution is -2.16. The standard InChI is InChI=1S/C19H13FN2O2S/c1-2-9-22-14-8-7-13(20)11-17(14)25-19(22)21-18(23)16-10-12-5-3-4-6-15(12)24-16/h2-8,10-11H,1,9H2. The lowest BCUT2D eigenvalue weighted by molar-refractivity contribution is 0.0973. The van der Waals surface area contributed by atoms with Crippen LogP contribution in [0.3, 0.4) is 0 Å². The van der Waals surface area contributed by atoms with Gasteiger partial charge in [0.15, 0.2) is 10.6 Å². The molecule has 0 saturated carbocycles. The van der Waals surface area contributed by atoms with E-state index in [1.165, 1.54) is 23.5 Å². The highest BCUT2D eigenvalue weighted by atomic mass is 32.1. The molecule has 6 heteroatoms. The van der Waals surface area contributed by atoms with Gasteiger partial charge in [-0.3, -0.25) is 4.79 Å². The summed E-state index contributed by atoms with van der Waals surface area (Å²) >= 11 is 1.25. The highest BCUT2D eigenvalue weighted by Crippen LogP contribution is 2.21.